The monoisotopic (exact) mass is 1240 g/mol. The van der Waals surface area contributed by atoms with Crippen LogP contribution in [0.15, 0.2) is 0 Å². The third-order valence-electron chi connectivity index (χ3n) is 12.0. The first-order valence-corrected chi connectivity index (χ1v) is 33.5. The van der Waals surface area contributed by atoms with Crippen molar-refractivity contribution in [2.45, 2.75) is 329 Å². The molecule has 0 saturated heterocycles. The second-order valence-corrected chi connectivity index (χ2v) is 22.2. The molecule has 25 heteroatoms. The van der Waals surface area contributed by atoms with E-state index in [4.69, 9.17) is 57.7 Å². The molecule has 0 radical (unpaired) electrons. The predicted molar refractivity (Wildman–Crippen MR) is 299 cm³/mol. The van der Waals surface area contributed by atoms with Crippen molar-refractivity contribution in [1.29, 1.82) is 0 Å². The fourth-order valence-corrected chi connectivity index (χ4v) is 7.92. The SMILES string of the molecule is CCCCCCCCCCCCCCCCCC(=O)[O-].CCCCCCCCCCCCCCCCCC(=O)[O-].CCCCCCCCCCCCCCCCCC(=O)[O-].O=P([O-])([O-])[O-].O=P([O-])([O-])[O-].O=P([O-])([O-])[O-].[Al+3].[Al+3].[Al+3].[Al+3]. The molecule has 0 fully saturated rings. The Morgan fingerprint density at radius 3 is 0.367 bits per heavy atom. The summed E-state index contributed by atoms with van der Waals surface area (Å²) in [6.07, 6.45) is 59.6. The van der Waals surface area contributed by atoms with Crippen molar-refractivity contribution in [1.82, 2.24) is 0 Å². The van der Waals surface area contributed by atoms with Gasteiger partial charge in [0.1, 0.15) is 0 Å². The second kappa shape index (κ2) is 83.1. The molecule has 0 saturated carbocycles. The Labute approximate surface area is 523 Å². The molecule has 0 heterocycles. The van der Waals surface area contributed by atoms with Gasteiger partial charge in [-0.2, -0.15) is 23.5 Å². The summed E-state index contributed by atoms with van der Waals surface area (Å²) in [7, 11) is -16.2. The Kier molecular flexibility index (Phi) is 107. The Morgan fingerprint density at radius 2 is 0.291 bits per heavy atom. The maximum absolute atomic E-state index is 10.2. The van der Waals surface area contributed by atoms with Gasteiger partial charge in [0.05, 0.1) is 0 Å². The Bertz CT molecular complexity index is 1140. The Morgan fingerprint density at radius 1 is 0.215 bits per heavy atom. The summed E-state index contributed by atoms with van der Waals surface area (Å²) in [4.78, 5) is 108. The van der Waals surface area contributed by atoms with Crippen LogP contribution in [0.1, 0.15) is 329 Å². The molecule has 0 amide bonds. The average Bonchev–Trinajstić information content (AvgIpc) is 3.29. The number of phosphoric acid groups is 3. The van der Waals surface area contributed by atoms with Gasteiger partial charge in [-0.15, -0.1) is 0 Å². The van der Waals surface area contributed by atoms with Crippen LogP contribution in [0, 0.1) is 0 Å². The van der Waals surface area contributed by atoms with Gasteiger partial charge in [0.2, 0.25) is 0 Å². The van der Waals surface area contributed by atoms with Crippen molar-refractivity contribution in [3.8, 4) is 0 Å². The van der Waals surface area contributed by atoms with Gasteiger partial charge in [0.25, 0.3) is 0 Å². The molecule has 79 heavy (non-hydrogen) atoms. The fourth-order valence-electron chi connectivity index (χ4n) is 7.92. The van der Waals surface area contributed by atoms with E-state index in [1.165, 1.54) is 250 Å². The Balaban J connectivity index is -0.0000000973. The van der Waals surface area contributed by atoms with Gasteiger partial charge in [0.15, 0.2) is 0 Å². The second-order valence-electron chi connectivity index (χ2n) is 19.6. The maximum atomic E-state index is 10.2. The summed E-state index contributed by atoms with van der Waals surface area (Å²) < 4.78 is 25.6. The molecule has 456 valence electrons. The Hall–Kier alpha value is 0.870. The van der Waals surface area contributed by atoms with Crippen LogP contribution in [0.25, 0.3) is 0 Å². The van der Waals surface area contributed by atoms with E-state index in [2.05, 4.69) is 20.8 Å². The molecule has 0 aromatic rings. The molecule has 0 unspecified atom stereocenters. The summed E-state index contributed by atoms with van der Waals surface area (Å²) in [6.45, 7) is 6.80. The van der Waals surface area contributed by atoms with E-state index in [1.54, 1.807) is 0 Å². The molecule has 0 N–H and O–H groups in total. The molecule has 0 spiro atoms. The average molecular weight is 1240 g/mol. The van der Waals surface area contributed by atoms with Gasteiger partial charge in [-0.3, -0.25) is 0 Å². The zero-order chi connectivity index (χ0) is 58.2. The zero-order valence-electron chi connectivity index (χ0n) is 49.4. The molecule has 0 aromatic carbocycles. The molecular weight excluding hydrogens is 1140 g/mol. The van der Waals surface area contributed by atoms with Crippen molar-refractivity contribution in [2.75, 3.05) is 0 Å². The zero-order valence-corrected chi connectivity index (χ0v) is 56.7. The van der Waals surface area contributed by atoms with E-state index >= 15 is 0 Å². The molecular formula is C54H105Al4O18P3. The molecule has 0 aliphatic carbocycles. The van der Waals surface area contributed by atoms with Crippen LogP contribution in [-0.2, 0) is 28.1 Å². The van der Waals surface area contributed by atoms with E-state index in [9.17, 15) is 29.7 Å². The first-order chi connectivity index (χ1) is 35.3. The number of carboxylic acid groups (broad SMARTS) is 3. The fraction of sp³-hybridized carbons (Fsp3) is 0.944. The van der Waals surface area contributed by atoms with E-state index in [-0.39, 0.29) is 88.7 Å². The van der Waals surface area contributed by atoms with Crippen LogP contribution in [0.3, 0.4) is 0 Å². The molecule has 0 rings (SSSR count). The summed E-state index contributed by atoms with van der Waals surface area (Å²) in [5, 5.41) is 30.7. The van der Waals surface area contributed by atoms with Crippen LogP contribution in [0.5, 0.6) is 0 Å². The number of rotatable bonds is 48. The number of carbonyl (C=O) groups excluding carboxylic acids is 3. The van der Waals surface area contributed by atoms with Crippen molar-refractivity contribution in [3.63, 3.8) is 0 Å². The molecule has 18 nitrogen and oxygen atoms in total. The van der Waals surface area contributed by atoms with Crippen LogP contribution in [-0.4, -0.2) is 87.4 Å². The first kappa shape index (κ1) is 102. The summed E-state index contributed by atoms with van der Waals surface area (Å²) in [5.74, 6) is -2.71. The van der Waals surface area contributed by atoms with Gasteiger partial charge >= 0.3 is 69.4 Å². The number of unbranched alkanes of at least 4 members (excludes halogenated alkanes) is 42. The van der Waals surface area contributed by atoms with Gasteiger partial charge in [0, 0.05) is 17.9 Å². The van der Waals surface area contributed by atoms with Crippen LogP contribution in [0.2, 0.25) is 0 Å². The van der Waals surface area contributed by atoms with E-state index < -0.39 is 41.4 Å². The van der Waals surface area contributed by atoms with E-state index in [1.807, 2.05) is 0 Å². The minimum atomic E-state index is -5.39. The van der Waals surface area contributed by atoms with Crippen molar-refractivity contribution < 1.29 is 87.4 Å². The van der Waals surface area contributed by atoms with Crippen molar-refractivity contribution in [2.24, 2.45) is 0 Å². The molecule has 0 aromatic heterocycles. The largest absolute Gasteiger partial charge is 3.00 e. The first-order valence-electron chi connectivity index (χ1n) is 29.1. The van der Waals surface area contributed by atoms with Crippen LogP contribution >= 0.6 is 23.5 Å². The van der Waals surface area contributed by atoms with Gasteiger partial charge < -0.3 is 87.4 Å². The van der Waals surface area contributed by atoms with Gasteiger partial charge in [-0.1, -0.05) is 290 Å². The smallest absolute Gasteiger partial charge is 0.822 e. The molecule has 0 bridgehead atoms. The third kappa shape index (κ3) is 173. The quantitative estimate of drug-likeness (QED) is 0.0439. The third-order valence-corrected chi connectivity index (χ3v) is 12.0. The van der Waals surface area contributed by atoms with Gasteiger partial charge in [-0.05, 0) is 38.5 Å². The minimum Gasteiger partial charge on any atom is -0.822 e. The summed E-state index contributed by atoms with van der Waals surface area (Å²) in [6, 6.07) is 0. The number of hydrogen-bond acceptors (Lipinski definition) is 18. The summed E-state index contributed by atoms with van der Waals surface area (Å²) in [5.41, 5.74) is 0. The van der Waals surface area contributed by atoms with Crippen LogP contribution in [0.4, 0.5) is 0 Å². The van der Waals surface area contributed by atoms with Gasteiger partial charge in [-0.25, -0.2) is 0 Å². The molecule has 0 aliphatic rings. The standard InChI is InChI=1S/3C18H36O2.4Al.3H3O4P/c3*1-2-3-4-5-6-7-8-9-10-11-12-13-14-15-16-17-18(19)20;;;;;3*1-5(2,3)4/h3*2-17H2,1H3,(H,19,20);;;;;3*(H3,1,2,3,4)/q;;;4*+3;;;/p-12. The number of carbonyl (C=O) groups is 3. The van der Waals surface area contributed by atoms with Crippen LogP contribution < -0.4 is 59.4 Å². The molecule has 0 atom stereocenters. The number of carboxylic acids is 3. The van der Waals surface area contributed by atoms with E-state index in [0.717, 1.165) is 38.5 Å². The topological polar surface area (TPSA) is 379 Å². The number of hydrogen-bond donors (Lipinski definition) is 0. The normalized spacial score (nSPS) is 10.5. The van der Waals surface area contributed by atoms with Crippen molar-refractivity contribution in [3.05, 3.63) is 0 Å². The summed E-state index contributed by atoms with van der Waals surface area (Å²) >= 11 is 0. The predicted octanol–water partition coefficient (Wildman–Crippen LogP) is 5.00. The minimum absolute atomic E-state index is 0. The molecule has 0 aliphatic heterocycles. The van der Waals surface area contributed by atoms with E-state index in [0.29, 0.717) is 0 Å². The maximum Gasteiger partial charge on any atom is 3.00 e. The number of aliphatic carboxylic acids is 3. The van der Waals surface area contributed by atoms with Crippen molar-refractivity contribution >= 4 is 111 Å².